The molecule has 0 aliphatic heterocycles. The molecule has 6 heteroatoms. The van der Waals surface area contributed by atoms with E-state index in [0.717, 1.165) is 0 Å². The van der Waals surface area contributed by atoms with Crippen molar-refractivity contribution in [2.45, 2.75) is 19.6 Å². The highest BCUT2D eigenvalue weighted by atomic mass is 35.5. The molecule has 0 aliphatic carbocycles. The standard InChI is InChI=1S/C10H13ClN4O/c1-3-15-8(7(11)6-13-15)9(16)10-12-4-5-14(10)2/h4-6,9,16H,3H2,1-2H3. The molecule has 86 valence electrons. The largest absolute Gasteiger partial charge is 0.379 e. The van der Waals surface area contributed by atoms with E-state index in [0.29, 0.717) is 23.1 Å². The van der Waals surface area contributed by atoms with Gasteiger partial charge in [0.15, 0.2) is 6.10 Å². The van der Waals surface area contributed by atoms with Crippen molar-refractivity contribution < 1.29 is 5.11 Å². The third-order valence-corrected chi connectivity index (χ3v) is 2.79. The second-order valence-corrected chi connectivity index (χ2v) is 3.90. The fraction of sp³-hybridized carbons (Fsp3) is 0.400. The van der Waals surface area contributed by atoms with E-state index in [1.165, 1.54) is 6.20 Å². The van der Waals surface area contributed by atoms with Gasteiger partial charge in [-0.15, -0.1) is 0 Å². The van der Waals surface area contributed by atoms with E-state index in [2.05, 4.69) is 10.1 Å². The zero-order valence-corrected chi connectivity index (χ0v) is 9.89. The zero-order chi connectivity index (χ0) is 11.7. The first-order valence-corrected chi connectivity index (χ1v) is 5.39. The Hall–Kier alpha value is -1.33. The number of aliphatic hydroxyl groups is 1. The minimum atomic E-state index is -0.852. The lowest BCUT2D eigenvalue weighted by Crippen LogP contribution is -2.13. The van der Waals surface area contributed by atoms with Crippen LogP contribution in [0.2, 0.25) is 5.02 Å². The molecule has 2 aromatic heterocycles. The Labute approximate surface area is 98.3 Å². The quantitative estimate of drug-likeness (QED) is 0.882. The van der Waals surface area contributed by atoms with Gasteiger partial charge in [-0.05, 0) is 6.92 Å². The maximum Gasteiger partial charge on any atom is 0.155 e. The van der Waals surface area contributed by atoms with Crippen LogP contribution in [0, 0.1) is 0 Å². The summed E-state index contributed by atoms with van der Waals surface area (Å²) in [5.74, 6) is 0.553. The lowest BCUT2D eigenvalue weighted by molar-refractivity contribution is 0.194. The van der Waals surface area contributed by atoms with Crippen molar-refractivity contribution >= 4 is 11.6 Å². The smallest absolute Gasteiger partial charge is 0.155 e. The van der Waals surface area contributed by atoms with E-state index in [-0.39, 0.29) is 0 Å². The van der Waals surface area contributed by atoms with Gasteiger partial charge in [-0.1, -0.05) is 11.6 Å². The summed E-state index contributed by atoms with van der Waals surface area (Å²) in [6.07, 6.45) is 4.10. The van der Waals surface area contributed by atoms with Gasteiger partial charge in [-0.25, -0.2) is 4.98 Å². The number of rotatable bonds is 3. The molecule has 0 spiro atoms. The molecule has 0 saturated carbocycles. The van der Waals surface area contributed by atoms with Crippen molar-refractivity contribution in [1.29, 1.82) is 0 Å². The average Bonchev–Trinajstić information content (AvgIpc) is 2.83. The highest BCUT2D eigenvalue weighted by Gasteiger charge is 2.22. The van der Waals surface area contributed by atoms with Crippen molar-refractivity contribution in [3.63, 3.8) is 0 Å². The molecule has 2 heterocycles. The zero-order valence-electron chi connectivity index (χ0n) is 9.13. The Kier molecular flexibility index (Phi) is 2.98. The summed E-state index contributed by atoms with van der Waals surface area (Å²) in [7, 11) is 1.83. The van der Waals surface area contributed by atoms with Crippen molar-refractivity contribution in [2.24, 2.45) is 7.05 Å². The predicted molar refractivity (Wildman–Crippen MR) is 60.2 cm³/mol. The molecule has 2 aromatic rings. The molecule has 0 saturated heterocycles. The van der Waals surface area contributed by atoms with Crippen LogP contribution in [-0.2, 0) is 13.6 Å². The van der Waals surface area contributed by atoms with Crippen LogP contribution in [0.25, 0.3) is 0 Å². The number of aliphatic hydroxyl groups excluding tert-OH is 1. The summed E-state index contributed by atoms with van der Waals surface area (Å²) in [5.41, 5.74) is 0.582. The van der Waals surface area contributed by atoms with Crippen LogP contribution in [0.4, 0.5) is 0 Å². The van der Waals surface area contributed by atoms with Gasteiger partial charge in [-0.2, -0.15) is 5.10 Å². The predicted octanol–water partition coefficient (Wildman–Crippen LogP) is 1.37. The lowest BCUT2D eigenvalue weighted by Gasteiger charge is -2.12. The number of hydrogen-bond acceptors (Lipinski definition) is 3. The Morgan fingerprint density at radius 3 is 2.88 bits per heavy atom. The van der Waals surface area contributed by atoms with Crippen molar-refractivity contribution in [3.05, 3.63) is 35.1 Å². The highest BCUT2D eigenvalue weighted by Crippen LogP contribution is 2.26. The summed E-state index contributed by atoms with van der Waals surface area (Å²) in [6.45, 7) is 2.60. The molecule has 1 unspecified atom stereocenters. The molecule has 0 radical (unpaired) electrons. The molecule has 0 fully saturated rings. The average molecular weight is 241 g/mol. The molecule has 0 amide bonds. The van der Waals surface area contributed by atoms with Crippen LogP contribution in [0.5, 0.6) is 0 Å². The number of halogens is 1. The molecule has 2 rings (SSSR count). The first-order chi connectivity index (χ1) is 7.65. The van der Waals surface area contributed by atoms with E-state index in [4.69, 9.17) is 11.6 Å². The Bertz CT molecular complexity index is 491. The third-order valence-electron chi connectivity index (χ3n) is 2.49. The summed E-state index contributed by atoms with van der Waals surface area (Å²) in [6, 6.07) is 0. The molecule has 0 bridgehead atoms. The summed E-state index contributed by atoms with van der Waals surface area (Å²) < 4.78 is 3.43. The summed E-state index contributed by atoms with van der Waals surface area (Å²) in [5, 5.41) is 14.8. The molecule has 1 N–H and O–H groups in total. The first kappa shape index (κ1) is 11.2. The Balaban J connectivity index is 2.44. The monoisotopic (exact) mass is 240 g/mol. The second kappa shape index (κ2) is 4.27. The maximum absolute atomic E-state index is 10.2. The van der Waals surface area contributed by atoms with E-state index < -0.39 is 6.10 Å². The van der Waals surface area contributed by atoms with Gasteiger partial charge < -0.3 is 9.67 Å². The van der Waals surface area contributed by atoms with E-state index in [1.54, 1.807) is 21.6 Å². The van der Waals surface area contributed by atoms with Crippen molar-refractivity contribution in [2.75, 3.05) is 0 Å². The molecule has 0 aliphatic rings. The number of aromatic nitrogens is 4. The minimum Gasteiger partial charge on any atom is -0.379 e. The topological polar surface area (TPSA) is 55.9 Å². The number of aryl methyl sites for hydroxylation is 2. The van der Waals surface area contributed by atoms with Crippen LogP contribution in [-0.4, -0.2) is 24.4 Å². The third kappa shape index (κ3) is 1.72. The van der Waals surface area contributed by atoms with Crippen LogP contribution in [0.1, 0.15) is 24.5 Å². The molecule has 16 heavy (non-hydrogen) atoms. The number of nitrogens with zero attached hydrogens (tertiary/aromatic N) is 4. The van der Waals surface area contributed by atoms with Gasteiger partial charge in [0, 0.05) is 26.0 Å². The molecule has 5 nitrogen and oxygen atoms in total. The SMILES string of the molecule is CCn1ncc(Cl)c1C(O)c1nccn1C. The van der Waals surface area contributed by atoms with Crippen LogP contribution >= 0.6 is 11.6 Å². The van der Waals surface area contributed by atoms with Gasteiger partial charge in [0.25, 0.3) is 0 Å². The normalized spacial score (nSPS) is 13.0. The maximum atomic E-state index is 10.2. The molecule has 0 aromatic carbocycles. The molecule has 1 atom stereocenters. The Morgan fingerprint density at radius 2 is 2.31 bits per heavy atom. The number of hydrogen-bond donors (Lipinski definition) is 1. The van der Waals surface area contributed by atoms with Gasteiger partial charge in [0.05, 0.1) is 16.9 Å². The Morgan fingerprint density at radius 1 is 1.56 bits per heavy atom. The summed E-state index contributed by atoms with van der Waals surface area (Å²) >= 11 is 6.01. The number of imidazole rings is 1. The first-order valence-electron chi connectivity index (χ1n) is 5.01. The van der Waals surface area contributed by atoms with Crippen molar-refractivity contribution in [1.82, 2.24) is 19.3 Å². The van der Waals surface area contributed by atoms with Gasteiger partial charge in [-0.3, -0.25) is 4.68 Å². The molecular weight excluding hydrogens is 228 g/mol. The fourth-order valence-corrected chi connectivity index (χ4v) is 1.90. The second-order valence-electron chi connectivity index (χ2n) is 3.49. The van der Waals surface area contributed by atoms with Gasteiger partial charge in [0.2, 0.25) is 0 Å². The van der Waals surface area contributed by atoms with Crippen LogP contribution < -0.4 is 0 Å². The fourth-order valence-electron chi connectivity index (χ4n) is 1.66. The highest BCUT2D eigenvalue weighted by molar-refractivity contribution is 6.31. The van der Waals surface area contributed by atoms with E-state index in [9.17, 15) is 5.11 Å². The van der Waals surface area contributed by atoms with Crippen molar-refractivity contribution in [3.8, 4) is 0 Å². The van der Waals surface area contributed by atoms with Crippen LogP contribution in [0.3, 0.4) is 0 Å². The van der Waals surface area contributed by atoms with Crippen LogP contribution in [0.15, 0.2) is 18.6 Å². The lowest BCUT2D eigenvalue weighted by atomic mass is 10.2. The summed E-state index contributed by atoms with van der Waals surface area (Å²) in [4.78, 5) is 4.10. The van der Waals surface area contributed by atoms with Gasteiger partial charge >= 0.3 is 0 Å². The molecular formula is C10H13ClN4O. The minimum absolute atomic E-state index is 0.456. The van der Waals surface area contributed by atoms with E-state index in [1.807, 2.05) is 14.0 Å². The van der Waals surface area contributed by atoms with Gasteiger partial charge in [0.1, 0.15) is 5.82 Å². The van der Waals surface area contributed by atoms with E-state index >= 15 is 0 Å².